The minimum atomic E-state index is -0.249. The molecule has 0 fully saturated rings. The second-order valence-corrected chi connectivity index (χ2v) is 2.32. The Hall–Kier alpha value is -0.610. The predicted molar refractivity (Wildman–Crippen MR) is 40.9 cm³/mol. The van der Waals surface area contributed by atoms with E-state index in [1.807, 2.05) is 13.8 Å². The molecule has 0 bridgehead atoms. The average molecular weight is 161 g/mol. The Kier molecular flexibility index (Phi) is 5.78. The highest BCUT2D eigenvalue weighted by Gasteiger charge is 2.01. The highest BCUT2D eigenvalue weighted by Crippen LogP contribution is 1.85. The van der Waals surface area contributed by atoms with Crippen LogP contribution < -0.4 is 5.48 Å². The van der Waals surface area contributed by atoms with E-state index in [1.54, 1.807) is 6.92 Å². The maximum atomic E-state index is 10.7. The van der Waals surface area contributed by atoms with Crippen molar-refractivity contribution in [1.29, 1.82) is 0 Å². The van der Waals surface area contributed by atoms with Crippen LogP contribution in [0.25, 0.3) is 0 Å². The van der Waals surface area contributed by atoms with Crippen LogP contribution in [0, 0.1) is 0 Å². The minimum absolute atomic E-state index is 0.0532. The van der Waals surface area contributed by atoms with Crippen molar-refractivity contribution in [2.24, 2.45) is 0 Å². The lowest BCUT2D eigenvalue weighted by molar-refractivity contribution is -0.139. The van der Waals surface area contributed by atoms with Gasteiger partial charge in [-0.3, -0.25) is 9.63 Å². The van der Waals surface area contributed by atoms with E-state index < -0.39 is 0 Å². The number of hydroxylamine groups is 1. The van der Waals surface area contributed by atoms with Gasteiger partial charge in [0.2, 0.25) is 0 Å². The lowest BCUT2D eigenvalue weighted by atomic mass is 10.5. The monoisotopic (exact) mass is 161 g/mol. The molecule has 0 aliphatic heterocycles. The van der Waals surface area contributed by atoms with Crippen molar-refractivity contribution in [1.82, 2.24) is 5.48 Å². The first-order valence-electron chi connectivity index (χ1n) is 3.69. The Morgan fingerprint density at radius 2 is 2.18 bits per heavy atom. The lowest BCUT2D eigenvalue weighted by Crippen LogP contribution is -2.28. The van der Waals surface area contributed by atoms with E-state index in [0.717, 1.165) is 0 Å². The van der Waals surface area contributed by atoms with Crippen LogP contribution in [0.3, 0.4) is 0 Å². The van der Waals surface area contributed by atoms with Crippen molar-refractivity contribution in [3.8, 4) is 0 Å². The maximum absolute atomic E-state index is 10.7. The second-order valence-electron chi connectivity index (χ2n) is 2.32. The van der Waals surface area contributed by atoms with E-state index >= 15 is 0 Å². The van der Waals surface area contributed by atoms with E-state index in [9.17, 15) is 4.79 Å². The van der Waals surface area contributed by atoms with Crippen LogP contribution >= 0.6 is 0 Å². The third-order valence-electron chi connectivity index (χ3n) is 0.878. The van der Waals surface area contributed by atoms with Crippen LogP contribution in [0.1, 0.15) is 20.8 Å². The molecule has 11 heavy (non-hydrogen) atoms. The van der Waals surface area contributed by atoms with Gasteiger partial charge >= 0.3 is 0 Å². The SMILES string of the molecule is CCONC(=O)COC(C)C. The third kappa shape index (κ3) is 7.29. The Morgan fingerprint density at radius 1 is 1.55 bits per heavy atom. The number of carbonyl (C=O) groups excluding carboxylic acids is 1. The van der Waals surface area contributed by atoms with Crippen molar-refractivity contribution in [3.63, 3.8) is 0 Å². The van der Waals surface area contributed by atoms with Crippen molar-refractivity contribution >= 4 is 5.91 Å². The molecule has 66 valence electrons. The van der Waals surface area contributed by atoms with Crippen molar-refractivity contribution in [2.45, 2.75) is 26.9 Å². The highest BCUT2D eigenvalue weighted by molar-refractivity contribution is 5.76. The standard InChI is InChI=1S/C7H15NO3/c1-4-11-8-7(9)5-10-6(2)3/h6H,4-5H2,1-3H3,(H,8,9). The van der Waals surface area contributed by atoms with E-state index in [2.05, 4.69) is 10.3 Å². The minimum Gasteiger partial charge on any atom is -0.369 e. The number of nitrogens with one attached hydrogen (secondary N) is 1. The molecule has 0 aliphatic carbocycles. The van der Waals surface area contributed by atoms with Gasteiger partial charge in [0.25, 0.3) is 5.91 Å². The first kappa shape index (κ1) is 10.4. The summed E-state index contributed by atoms with van der Waals surface area (Å²) in [6.07, 6.45) is 0.0716. The quantitative estimate of drug-likeness (QED) is 0.596. The highest BCUT2D eigenvalue weighted by atomic mass is 16.7. The number of amides is 1. The third-order valence-corrected chi connectivity index (χ3v) is 0.878. The summed E-state index contributed by atoms with van der Waals surface area (Å²) >= 11 is 0. The number of hydrogen-bond acceptors (Lipinski definition) is 3. The van der Waals surface area contributed by atoms with Crippen molar-refractivity contribution < 1.29 is 14.4 Å². The second kappa shape index (κ2) is 6.12. The predicted octanol–water partition coefficient (Wildman–Crippen LogP) is 0.479. The molecule has 1 N–H and O–H groups in total. The summed E-state index contributed by atoms with van der Waals surface area (Å²) in [6, 6.07) is 0. The van der Waals surface area contributed by atoms with Gasteiger partial charge in [-0.25, -0.2) is 5.48 Å². The lowest BCUT2D eigenvalue weighted by Gasteiger charge is -2.06. The van der Waals surface area contributed by atoms with Crippen LogP contribution in [-0.4, -0.2) is 25.2 Å². The van der Waals surface area contributed by atoms with Crippen LogP contribution in [0.2, 0.25) is 0 Å². The average Bonchev–Trinajstić information content (AvgIpc) is 1.97. The largest absolute Gasteiger partial charge is 0.369 e. The van der Waals surface area contributed by atoms with Gasteiger partial charge in [0.15, 0.2) is 0 Å². The van der Waals surface area contributed by atoms with Gasteiger partial charge in [0.1, 0.15) is 6.61 Å². The summed E-state index contributed by atoms with van der Waals surface area (Å²) in [4.78, 5) is 15.4. The van der Waals surface area contributed by atoms with Gasteiger partial charge in [-0.05, 0) is 20.8 Å². The molecule has 1 amide bonds. The van der Waals surface area contributed by atoms with Gasteiger partial charge in [-0.2, -0.15) is 0 Å². The zero-order valence-corrected chi connectivity index (χ0v) is 7.22. The van der Waals surface area contributed by atoms with E-state index in [4.69, 9.17) is 4.74 Å². The summed E-state index contributed by atoms with van der Waals surface area (Å²) in [6.45, 7) is 6.05. The molecule has 4 nitrogen and oxygen atoms in total. The molecule has 0 aromatic carbocycles. The van der Waals surface area contributed by atoms with Crippen molar-refractivity contribution in [3.05, 3.63) is 0 Å². The molecule has 0 aromatic rings. The number of hydrogen-bond donors (Lipinski definition) is 1. The number of ether oxygens (including phenoxy) is 1. The van der Waals surface area contributed by atoms with E-state index in [0.29, 0.717) is 6.61 Å². The first-order chi connectivity index (χ1) is 5.16. The van der Waals surface area contributed by atoms with E-state index in [-0.39, 0.29) is 18.6 Å². The van der Waals surface area contributed by atoms with Crippen LogP contribution in [0.5, 0.6) is 0 Å². The Balaban J connectivity index is 3.23. The molecule has 0 atom stereocenters. The molecule has 0 saturated carbocycles. The fourth-order valence-corrected chi connectivity index (χ4v) is 0.424. The van der Waals surface area contributed by atoms with Gasteiger partial charge in [-0.1, -0.05) is 0 Å². The summed E-state index contributed by atoms with van der Waals surface area (Å²) in [5, 5.41) is 0. The molecule has 4 heteroatoms. The summed E-state index contributed by atoms with van der Waals surface area (Å²) < 4.78 is 5.01. The Morgan fingerprint density at radius 3 is 2.64 bits per heavy atom. The molecular weight excluding hydrogens is 146 g/mol. The molecule has 0 saturated heterocycles. The zero-order chi connectivity index (χ0) is 8.69. The molecule has 0 rings (SSSR count). The maximum Gasteiger partial charge on any atom is 0.269 e. The molecule has 0 unspecified atom stereocenters. The Labute approximate surface area is 66.8 Å². The zero-order valence-electron chi connectivity index (χ0n) is 7.22. The van der Waals surface area contributed by atoms with Gasteiger partial charge < -0.3 is 4.74 Å². The molecule has 0 radical (unpaired) electrons. The smallest absolute Gasteiger partial charge is 0.269 e. The molecule has 0 spiro atoms. The van der Waals surface area contributed by atoms with Crippen LogP contribution in [0.4, 0.5) is 0 Å². The molecule has 0 aromatic heterocycles. The van der Waals surface area contributed by atoms with Gasteiger partial charge in [0.05, 0.1) is 12.7 Å². The van der Waals surface area contributed by atoms with Crippen LogP contribution in [0.15, 0.2) is 0 Å². The summed E-state index contributed by atoms with van der Waals surface area (Å²) in [7, 11) is 0. The summed E-state index contributed by atoms with van der Waals surface area (Å²) in [5.74, 6) is -0.249. The first-order valence-corrected chi connectivity index (χ1v) is 3.69. The molecule has 0 heterocycles. The van der Waals surface area contributed by atoms with Crippen molar-refractivity contribution in [2.75, 3.05) is 13.2 Å². The number of rotatable bonds is 5. The van der Waals surface area contributed by atoms with Crippen LogP contribution in [-0.2, 0) is 14.4 Å². The van der Waals surface area contributed by atoms with E-state index in [1.165, 1.54) is 0 Å². The van der Waals surface area contributed by atoms with Gasteiger partial charge in [0, 0.05) is 0 Å². The molecular formula is C7H15NO3. The van der Waals surface area contributed by atoms with Gasteiger partial charge in [-0.15, -0.1) is 0 Å². The molecule has 0 aliphatic rings. The topological polar surface area (TPSA) is 47.6 Å². The Bertz CT molecular complexity index is 114. The fourth-order valence-electron chi connectivity index (χ4n) is 0.424. The number of carbonyl (C=O) groups is 1. The fraction of sp³-hybridized carbons (Fsp3) is 0.857. The normalized spacial score (nSPS) is 10.2. The summed E-state index contributed by atoms with van der Waals surface area (Å²) in [5.41, 5.74) is 2.22.